The van der Waals surface area contributed by atoms with Gasteiger partial charge in [0.15, 0.2) is 6.79 Å². The van der Waals surface area contributed by atoms with Crippen LogP contribution in [0.1, 0.15) is 28.1 Å². The summed E-state index contributed by atoms with van der Waals surface area (Å²) >= 11 is 0. The fourth-order valence-electron chi connectivity index (χ4n) is 3.43. The number of esters is 1. The molecule has 0 fully saturated rings. The molecule has 0 N–H and O–H groups in total. The van der Waals surface area contributed by atoms with Gasteiger partial charge in [-0.1, -0.05) is 18.2 Å². The number of ether oxygens (including phenoxy) is 3. The van der Waals surface area contributed by atoms with Gasteiger partial charge in [0.1, 0.15) is 18.2 Å². The van der Waals surface area contributed by atoms with Gasteiger partial charge in [0, 0.05) is 28.5 Å². The highest BCUT2D eigenvalue weighted by atomic mass is 19.1. The predicted molar refractivity (Wildman–Crippen MR) is 109 cm³/mol. The molecule has 3 aromatic rings. The van der Waals surface area contributed by atoms with Gasteiger partial charge in [0.05, 0.1) is 18.0 Å². The third-order valence-electron chi connectivity index (χ3n) is 4.86. The summed E-state index contributed by atoms with van der Waals surface area (Å²) < 4.78 is 31.5. The number of aryl methyl sites for hydroxylation is 1. The highest BCUT2D eigenvalue weighted by Gasteiger charge is 2.18. The second-order valence-corrected chi connectivity index (χ2v) is 6.94. The zero-order valence-corrected chi connectivity index (χ0v) is 16.7. The number of para-hydroxylation sites is 1. The topological polar surface area (TPSA) is 62.6 Å². The summed E-state index contributed by atoms with van der Waals surface area (Å²) in [5.74, 6) is -0.453. The van der Waals surface area contributed by atoms with Crippen LogP contribution in [0.2, 0.25) is 0 Å². The number of benzene rings is 2. The zero-order chi connectivity index (χ0) is 21.1. The monoisotopic (exact) mass is 408 g/mol. The highest BCUT2D eigenvalue weighted by molar-refractivity contribution is 5.87. The molecule has 154 valence electrons. The van der Waals surface area contributed by atoms with Crippen LogP contribution in [0, 0.1) is 19.7 Å². The summed E-state index contributed by atoms with van der Waals surface area (Å²) in [6.07, 6.45) is 3.03. The van der Waals surface area contributed by atoms with Crippen LogP contribution in [0.25, 0.3) is 11.8 Å². The number of rotatable bonds is 5. The summed E-state index contributed by atoms with van der Waals surface area (Å²) in [6, 6.07) is 12.4. The van der Waals surface area contributed by atoms with E-state index in [0.717, 1.165) is 22.6 Å². The molecule has 0 saturated carbocycles. The van der Waals surface area contributed by atoms with Gasteiger partial charge in [-0.05, 0) is 44.2 Å². The molecule has 30 heavy (non-hydrogen) atoms. The Balaban J connectivity index is 1.47. The molecular weight excluding hydrogens is 387 g/mol. The van der Waals surface area contributed by atoms with E-state index in [1.54, 1.807) is 6.08 Å². The minimum Gasteiger partial charge on any atom is -0.467 e. The fourth-order valence-corrected chi connectivity index (χ4v) is 3.43. The Morgan fingerprint density at radius 3 is 2.87 bits per heavy atom. The van der Waals surface area contributed by atoms with Crippen LogP contribution in [0.3, 0.4) is 0 Å². The number of fused-ring (bicyclic) bond motifs is 1. The van der Waals surface area contributed by atoms with Crippen LogP contribution in [0.5, 0.6) is 5.75 Å². The average Bonchev–Trinajstić information content (AvgIpc) is 3.04. The summed E-state index contributed by atoms with van der Waals surface area (Å²) in [6.45, 7) is 4.08. The molecule has 0 atom stereocenters. The summed E-state index contributed by atoms with van der Waals surface area (Å²) in [5.41, 5.74) is 4.57. The first-order valence-electron chi connectivity index (χ1n) is 9.51. The Hall–Kier alpha value is -3.45. The third kappa shape index (κ3) is 4.11. The number of hydrogen-bond acceptors (Lipinski definition) is 5. The van der Waals surface area contributed by atoms with E-state index >= 15 is 0 Å². The van der Waals surface area contributed by atoms with Crippen LogP contribution in [0.15, 0.2) is 48.5 Å². The highest BCUT2D eigenvalue weighted by Crippen LogP contribution is 2.30. The molecule has 1 aromatic heterocycles. The predicted octanol–water partition coefficient (Wildman–Crippen LogP) is 4.25. The van der Waals surface area contributed by atoms with Crippen LogP contribution >= 0.6 is 0 Å². The lowest BCUT2D eigenvalue weighted by Crippen LogP contribution is -2.14. The van der Waals surface area contributed by atoms with Crippen molar-refractivity contribution in [2.45, 2.75) is 27.1 Å². The maximum Gasteiger partial charge on any atom is 0.331 e. The standard InChI is InChI=1S/C23H21FN2O4/c1-15-21(16(2)26(25-15)20-6-4-3-5-7-20)8-9-22(27)29-13-18-11-19(24)10-17-12-28-14-30-23(17)18/h3-11H,12-14H2,1-2H3/b9-8+. The molecule has 0 saturated heterocycles. The lowest BCUT2D eigenvalue weighted by atomic mass is 10.1. The molecule has 0 spiro atoms. The van der Waals surface area contributed by atoms with Crippen molar-refractivity contribution in [2.75, 3.05) is 6.79 Å². The Morgan fingerprint density at radius 1 is 1.27 bits per heavy atom. The van der Waals surface area contributed by atoms with Crippen molar-refractivity contribution in [1.29, 1.82) is 0 Å². The number of carbonyl (C=O) groups is 1. The summed E-state index contributed by atoms with van der Waals surface area (Å²) in [4.78, 5) is 12.2. The van der Waals surface area contributed by atoms with E-state index in [-0.39, 0.29) is 20.0 Å². The van der Waals surface area contributed by atoms with Crippen LogP contribution in [-0.4, -0.2) is 22.5 Å². The normalized spacial score (nSPS) is 13.2. The Labute approximate surface area is 173 Å². The van der Waals surface area contributed by atoms with Gasteiger partial charge in [-0.25, -0.2) is 13.9 Å². The molecule has 6 nitrogen and oxygen atoms in total. The number of aromatic nitrogens is 2. The van der Waals surface area contributed by atoms with Crippen molar-refractivity contribution < 1.29 is 23.4 Å². The Bertz CT molecular complexity index is 1110. The van der Waals surface area contributed by atoms with Gasteiger partial charge >= 0.3 is 5.97 Å². The minimum absolute atomic E-state index is 0.0867. The van der Waals surface area contributed by atoms with Gasteiger partial charge in [-0.15, -0.1) is 0 Å². The molecule has 0 bridgehead atoms. The molecule has 0 amide bonds. The van der Waals surface area contributed by atoms with Gasteiger partial charge in [0.2, 0.25) is 0 Å². The largest absolute Gasteiger partial charge is 0.467 e. The van der Waals surface area contributed by atoms with E-state index in [1.165, 1.54) is 18.2 Å². The van der Waals surface area contributed by atoms with Gasteiger partial charge in [0.25, 0.3) is 0 Å². The van der Waals surface area contributed by atoms with Crippen LogP contribution in [-0.2, 0) is 27.5 Å². The number of halogens is 1. The Kier molecular flexibility index (Phi) is 5.63. The summed E-state index contributed by atoms with van der Waals surface area (Å²) in [7, 11) is 0. The maximum absolute atomic E-state index is 13.8. The second kappa shape index (κ2) is 8.51. The number of nitrogens with zero attached hydrogens (tertiary/aromatic N) is 2. The van der Waals surface area contributed by atoms with Gasteiger partial charge in [-0.2, -0.15) is 5.10 Å². The van der Waals surface area contributed by atoms with Crippen LogP contribution < -0.4 is 4.74 Å². The van der Waals surface area contributed by atoms with Crippen molar-refractivity contribution in [3.05, 3.63) is 82.4 Å². The van der Waals surface area contributed by atoms with E-state index in [9.17, 15) is 9.18 Å². The molecule has 0 aliphatic carbocycles. The van der Waals surface area contributed by atoms with Crippen molar-refractivity contribution >= 4 is 12.0 Å². The van der Waals surface area contributed by atoms with E-state index in [4.69, 9.17) is 14.2 Å². The van der Waals surface area contributed by atoms with E-state index in [2.05, 4.69) is 5.10 Å². The number of carbonyl (C=O) groups excluding carboxylic acids is 1. The van der Waals surface area contributed by atoms with Crippen molar-refractivity contribution in [3.63, 3.8) is 0 Å². The summed E-state index contributed by atoms with van der Waals surface area (Å²) in [5, 5.41) is 4.55. The second-order valence-electron chi connectivity index (χ2n) is 6.94. The Morgan fingerprint density at radius 2 is 2.07 bits per heavy atom. The molecule has 4 rings (SSSR count). The van der Waals surface area contributed by atoms with E-state index in [0.29, 0.717) is 16.9 Å². The average molecular weight is 408 g/mol. The maximum atomic E-state index is 13.8. The smallest absolute Gasteiger partial charge is 0.331 e. The molecule has 7 heteroatoms. The molecule has 1 aliphatic heterocycles. The first kappa shape index (κ1) is 19.8. The van der Waals surface area contributed by atoms with Crippen molar-refractivity contribution in [2.24, 2.45) is 0 Å². The lowest BCUT2D eigenvalue weighted by molar-refractivity contribution is -0.139. The zero-order valence-electron chi connectivity index (χ0n) is 16.7. The van der Waals surface area contributed by atoms with E-state index < -0.39 is 11.8 Å². The van der Waals surface area contributed by atoms with Crippen molar-refractivity contribution in [1.82, 2.24) is 9.78 Å². The first-order valence-corrected chi connectivity index (χ1v) is 9.51. The molecule has 1 aliphatic rings. The third-order valence-corrected chi connectivity index (χ3v) is 4.86. The molecule has 0 unspecified atom stereocenters. The number of hydrogen-bond donors (Lipinski definition) is 0. The van der Waals surface area contributed by atoms with Crippen molar-refractivity contribution in [3.8, 4) is 11.4 Å². The molecule has 0 radical (unpaired) electrons. The minimum atomic E-state index is -0.536. The lowest BCUT2D eigenvalue weighted by Gasteiger charge is -2.20. The first-order chi connectivity index (χ1) is 14.5. The van der Waals surface area contributed by atoms with Gasteiger partial charge in [-0.3, -0.25) is 0 Å². The molecule has 2 heterocycles. The van der Waals surface area contributed by atoms with Crippen LogP contribution in [0.4, 0.5) is 4.39 Å². The molecule has 2 aromatic carbocycles. The molecular formula is C23H21FN2O4. The van der Waals surface area contributed by atoms with Gasteiger partial charge < -0.3 is 14.2 Å². The quantitative estimate of drug-likeness (QED) is 0.467. The SMILES string of the molecule is Cc1nn(-c2ccccc2)c(C)c1/C=C/C(=O)OCc1cc(F)cc2c1OCOC2. The van der Waals surface area contributed by atoms with E-state index in [1.807, 2.05) is 48.9 Å². The fraction of sp³-hybridized carbons (Fsp3) is 0.217.